The van der Waals surface area contributed by atoms with Crippen molar-refractivity contribution in [1.29, 1.82) is 0 Å². The van der Waals surface area contributed by atoms with Gasteiger partial charge in [0.25, 0.3) is 5.67 Å². The minimum atomic E-state index is -6.70. The maximum Gasteiger partial charge on any atom is 0.435 e. The highest BCUT2D eigenvalue weighted by Crippen LogP contribution is 2.48. The third-order valence-corrected chi connectivity index (χ3v) is 2.07. The lowest BCUT2D eigenvalue weighted by Gasteiger charge is -2.28. The van der Waals surface area contributed by atoms with E-state index in [0.29, 0.717) is 0 Å². The van der Waals surface area contributed by atoms with Crippen LogP contribution in [0, 0.1) is 0 Å². The smallest absolute Gasteiger partial charge is 0.247 e. The van der Waals surface area contributed by atoms with E-state index in [2.05, 4.69) is 0 Å². The highest BCUT2D eigenvalue weighted by atomic mass is 19.4. The van der Waals surface area contributed by atoms with Gasteiger partial charge in [0.1, 0.15) is 6.67 Å². The quantitative estimate of drug-likeness (QED) is 0.524. The van der Waals surface area contributed by atoms with Gasteiger partial charge in [-0.05, 0) is 12.2 Å². The van der Waals surface area contributed by atoms with Gasteiger partial charge in [-0.3, -0.25) is 0 Å². The van der Waals surface area contributed by atoms with Crippen LogP contribution in [0.1, 0.15) is 0 Å². The minimum Gasteiger partial charge on any atom is -0.247 e. The van der Waals surface area contributed by atoms with Crippen LogP contribution < -0.4 is 0 Å². The Balaban J connectivity index is 5.79. The van der Waals surface area contributed by atoms with Gasteiger partial charge in [-0.15, -0.1) is 0 Å². The number of hydrogen-bond donors (Lipinski definition) is 0. The molecule has 0 saturated carbocycles. The highest BCUT2D eigenvalue weighted by Gasteiger charge is 2.71. The summed E-state index contributed by atoms with van der Waals surface area (Å²) in [6.07, 6.45) is -22.8. The normalized spacial score (nSPS) is 18.4. The molecule has 0 rings (SSSR count). The van der Waals surface area contributed by atoms with E-state index in [1.807, 2.05) is 0 Å². The van der Waals surface area contributed by atoms with Gasteiger partial charge in [-0.2, -0.15) is 39.5 Å². The lowest BCUT2D eigenvalue weighted by molar-refractivity contribution is -0.322. The molecule has 1 unspecified atom stereocenters. The van der Waals surface area contributed by atoms with Gasteiger partial charge >= 0.3 is 24.2 Å². The van der Waals surface area contributed by atoms with Crippen molar-refractivity contribution in [2.75, 3.05) is 6.67 Å². The first-order chi connectivity index (χ1) is 8.52. The maximum atomic E-state index is 12.9. The molecule has 0 fully saturated rings. The van der Waals surface area contributed by atoms with E-state index in [1.54, 1.807) is 0 Å². The second kappa shape index (κ2) is 5.02. The van der Waals surface area contributed by atoms with E-state index in [4.69, 9.17) is 0 Å². The Hall–Kier alpha value is -1.10. The van der Waals surface area contributed by atoms with E-state index in [-0.39, 0.29) is 0 Å². The van der Waals surface area contributed by atoms with Crippen LogP contribution in [0.5, 0.6) is 0 Å². The third kappa shape index (κ3) is 3.32. The maximum absolute atomic E-state index is 12.9. The molecule has 0 nitrogen and oxygen atoms in total. The third-order valence-electron chi connectivity index (χ3n) is 2.07. The van der Waals surface area contributed by atoms with Crippen LogP contribution in [0.4, 0.5) is 52.7 Å². The lowest BCUT2D eigenvalue weighted by atomic mass is 9.99. The van der Waals surface area contributed by atoms with Crippen LogP contribution in [-0.4, -0.2) is 36.5 Å². The Kier molecular flexibility index (Phi) is 4.75. The van der Waals surface area contributed by atoms with Gasteiger partial charge in [-0.1, -0.05) is 0 Å². The molecule has 0 aromatic carbocycles. The molecule has 0 bridgehead atoms. The Morgan fingerprint density at radius 1 is 0.550 bits per heavy atom. The molecule has 0 heterocycles. The molecule has 0 aliphatic heterocycles. The Bertz CT molecular complexity index is 343. The molecule has 1 atom stereocenters. The zero-order valence-electron chi connectivity index (χ0n) is 8.90. The summed E-state index contributed by atoms with van der Waals surface area (Å²) in [5, 5.41) is 0. The molecule has 120 valence electrons. The van der Waals surface area contributed by atoms with Gasteiger partial charge in [-0.25, -0.2) is 13.2 Å². The molecule has 0 aromatic rings. The molecule has 0 N–H and O–H groups in total. The summed E-state index contributed by atoms with van der Waals surface area (Å²) in [6.45, 7) is -3.02. The van der Waals surface area contributed by atoms with Crippen molar-refractivity contribution in [2.24, 2.45) is 0 Å². The first kappa shape index (κ1) is 18.9. The molecule has 0 saturated heterocycles. The summed E-state index contributed by atoms with van der Waals surface area (Å²) in [5.41, 5.74) is -11.4. The second-order valence-electron chi connectivity index (χ2n) is 3.53. The van der Waals surface area contributed by atoms with Crippen LogP contribution in [0.15, 0.2) is 12.2 Å². The first-order valence-corrected chi connectivity index (χ1v) is 4.36. The van der Waals surface area contributed by atoms with Crippen LogP contribution >= 0.6 is 0 Å². The predicted octanol–water partition coefficient (Wildman–Crippen LogP) is 4.62. The molecule has 20 heavy (non-hydrogen) atoms. The summed E-state index contributed by atoms with van der Waals surface area (Å²) in [6, 6.07) is 0. The summed E-state index contributed by atoms with van der Waals surface area (Å²) in [7, 11) is 0. The van der Waals surface area contributed by atoms with E-state index < -0.39 is 48.7 Å². The molecular formula is C8H4F12. The molecule has 0 aromatic heterocycles. The fourth-order valence-electron chi connectivity index (χ4n) is 0.811. The average molecular weight is 328 g/mol. The Morgan fingerprint density at radius 3 is 1.10 bits per heavy atom. The summed E-state index contributed by atoms with van der Waals surface area (Å²) in [4.78, 5) is 0. The standard InChI is InChI=1S/C8H4F12/c9-3-4(10,6(12,13)14)1-2-5(11,7(15,16)17)8(18,19)20/h1-2H,3H2/b2-1+. The van der Waals surface area contributed by atoms with E-state index >= 15 is 0 Å². The van der Waals surface area contributed by atoms with Gasteiger partial charge in [0.05, 0.1) is 0 Å². The van der Waals surface area contributed by atoms with Crippen molar-refractivity contribution in [1.82, 2.24) is 0 Å². The summed E-state index contributed by atoms with van der Waals surface area (Å²) in [5.74, 6) is 0. The molecule has 0 spiro atoms. The monoisotopic (exact) mass is 328 g/mol. The van der Waals surface area contributed by atoms with Crippen LogP contribution in [0.2, 0.25) is 0 Å². The predicted molar refractivity (Wildman–Crippen MR) is 41.0 cm³/mol. The highest BCUT2D eigenvalue weighted by molar-refractivity contribution is 5.17. The first-order valence-electron chi connectivity index (χ1n) is 4.36. The average Bonchev–Trinajstić information content (AvgIpc) is 2.20. The Morgan fingerprint density at radius 2 is 0.900 bits per heavy atom. The molecule has 12 heteroatoms. The number of halogens is 12. The molecule has 0 amide bonds. The van der Waals surface area contributed by atoms with Gasteiger partial charge in [0.2, 0.25) is 0 Å². The molecular weight excluding hydrogens is 324 g/mol. The van der Waals surface area contributed by atoms with Gasteiger partial charge in [0, 0.05) is 0 Å². The van der Waals surface area contributed by atoms with Crippen LogP contribution in [0.25, 0.3) is 0 Å². The number of allylic oxidation sites excluding steroid dienone is 2. The van der Waals surface area contributed by atoms with E-state index in [9.17, 15) is 52.7 Å². The fourth-order valence-corrected chi connectivity index (χ4v) is 0.811. The van der Waals surface area contributed by atoms with Crippen molar-refractivity contribution in [3.63, 3.8) is 0 Å². The summed E-state index contributed by atoms with van der Waals surface area (Å²) >= 11 is 0. The number of rotatable bonds is 3. The largest absolute Gasteiger partial charge is 0.435 e. The van der Waals surface area contributed by atoms with Gasteiger partial charge < -0.3 is 0 Å². The van der Waals surface area contributed by atoms with Crippen LogP contribution in [-0.2, 0) is 0 Å². The van der Waals surface area contributed by atoms with Crippen molar-refractivity contribution < 1.29 is 52.7 Å². The van der Waals surface area contributed by atoms with E-state index in [1.165, 1.54) is 0 Å². The Labute approximate surface area is 103 Å². The lowest BCUT2D eigenvalue weighted by Crippen LogP contribution is -2.52. The van der Waals surface area contributed by atoms with Gasteiger partial charge in [0.15, 0.2) is 0 Å². The molecule has 0 radical (unpaired) electrons. The number of hydrogen-bond acceptors (Lipinski definition) is 0. The second-order valence-corrected chi connectivity index (χ2v) is 3.53. The summed E-state index contributed by atoms with van der Waals surface area (Å²) < 4.78 is 145. The van der Waals surface area contributed by atoms with E-state index in [0.717, 1.165) is 0 Å². The topological polar surface area (TPSA) is 0 Å². The van der Waals surface area contributed by atoms with Crippen LogP contribution in [0.3, 0.4) is 0 Å². The van der Waals surface area contributed by atoms with Crippen molar-refractivity contribution >= 4 is 0 Å². The minimum absolute atomic E-state index is 1.48. The fraction of sp³-hybridized carbons (Fsp3) is 0.750. The zero-order chi connectivity index (χ0) is 16.6. The zero-order valence-corrected chi connectivity index (χ0v) is 8.90. The van der Waals surface area contributed by atoms with Crippen molar-refractivity contribution in [3.05, 3.63) is 12.2 Å². The molecule has 0 aliphatic rings. The number of alkyl halides is 12. The van der Waals surface area contributed by atoms with Crippen molar-refractivity contribution in [3.8, 4) is 0 Å². The molecule has 0 aliphatic carbocycles. The van der Waals surface area contributed by atoms with Crippen molar-refractivity contribution in [2.45, 2.75) is 29.9 Å². The SMILES string of the molecule is FCC(F)(/C=C/C(F)(C(F)(F)F)C(F)(F)F)C(F)(F)F.